The van der Waals surface area contributed by atoms with Crippen molar-refractivity contribution in [1.82, 2.24) is 14.8 Å². The number of aromatic nitrogens is 3. The van der Waals surface area contributed by atoms with Gasteiger partial charge in [-0.25, -0.2) is 14.5 Å². The van der Waals surface area contributed by atoms with Crippen LogP contribution in [0.25, 0.3) is 5.82 Å². The van der Waals surface area contributed by atoms with E-state index in [1.807, 2.05) is 26.0 Å². The van der Waals surface area contributed by atoms with E-state index >= 15 is 0 Å². The van der Waals surface area contributed by atoms with Gasteiger partial charge in [0.25, 0.3) is 5.91 Å². The maximum absolute atomic E-state index is 12.5. The molecule has 144 valence electrons. The monoisotopic (exact) mass is 398 g/mol. The first-order valence-electron chi connectivity index (χ1n) is 8.62. The summed E-state index contributed by atoms with van der Waals surface area (Å²) < 4.78 is 6.86. The molecule has 0 spiro atoms. The maximum Gasteiger partial charge on any atom is 0.359 e. The highest BCUT2D eigenvalue weighted by atomic mass is 35.5. The summed E-state index contributed by atoms with van der Waals surface area (Å²) in [6, 6.07) is 14.0. The van der Waals surface area contributed by atoms with Crippen LogP contribution < -0.4 is 5.32 Å². The molecule has 0 aliphatic heterocycles. The number of nitrogens with zero attached hydrogens (tertiary/aromatic N) is 3. The number of hydrogen-bond donors (Lipinski definition) is 1. The van der Waals surface area contributed by atoms with Gasteiger partial charge in [0.05, 0.1) is 10.7 Å². The van der Waals surface area contributed by atoms with Crippen LogP contribution in [0.5, 0.6) is 0 Å². The van der Waals surface area contributed by atoms with Crippen LogP contribution in [0, 0.1) is 13.8 Å². The van der Waals surface area contributed by atoms with Gasteiger partial charge in [-0.3, -0.25) is 4.79 Å². The highest BCUT2D eigenvalue weighted by molar-refractivity contribution is 6.33. The molecule has 0 bridgehead atoms. The molecule has 1 atom stereocenters. The molecule has 0 saturated carbocycles. The second kappa shape index (κ2) is 8.22. The first-order valence-corrected chi connectivity index (χ1v) is 9.00. The topological polar surface area (TPSA) is 86.1 Å². The first-order chi connectivity index (χ1) is 13.3. The molecular formula is C20H19ClN4O3. The van der Waals surface area contributed by atoms with Crippen LogP contribution >= 0.6 is 11.6 Å². The smallest absolute Gasteiger partial charge is 0.359 e. The number of ether oxygens (including phenoxy) is 1. The third-order valence-corrected chi connectivity index (χ3v) is 4.25. The molecule has 1 unspecified atom stereocenters. The summed E-state index contributed by atoms with van der Waals surface area (Å²) in [5, 5.41) is 7.15. The van der Waals surface area contributed by atoms with Crippen LogP contribution in [0.15, 0.2) is 48.5 Å². The van der Waals surface area contributed by atoms with Crippen molar-refractivity contribution in [3.8, 4) is 5.82 Å². The van der Waals surface area contributed by atoms with Crippen LogP contribution in [0.3, 0.4) is 0 Å². The Morgan fingerprint density at radius 3 is 2.50 bits per heavy atom. The molecule has 1 amide bonds. The van der Waals surface area contributed by atoms with E-state index in [0.717, 1.165) is 11.4 Å². The number of hydrogen-bond acceptors (Lipinski definition) is 5. The van der Waals surface area contributed by atoms with E-state index in [1.165, 1.54) is 6.92 Å². The Bertz CT molecular complexity index is 1020. The van der Waals surface area contributed by atoms with Crippen LogP contribution in [-0.4, -0.2) is 32.7 Å². The standard InChI is InChI=1S/C20H19ClN4O3/c1-12-11-13(2)25(24-12)17-10-9-16(21)18(23-17)20(27)28-14(3)19(26)22-15-7-5-4-6-8-15/h4-11,14H,1-3H3,(H,22,26). The van der Waals surface area contributed by atoms with Crippen LogP contribution in [0.1, 0.15) is 28.8 Å². The van der Waals surface area contributed by atoms with Gasteiger partial charge in [0.1, 0.15) is 0 Å². The number of aryl methyl sites for hydroxylation is 2. The van der Waals surface area contributed by atoms with Crippen molar-refractivity contribution in [3.63, 3.8) is 0 Å². The lowest BCUT2D eigenvalue weighted by Gasteiger charge is -2.14. The molecule has 3 rings (SSSR count). The second-order valence-corrected chi connectivity index (χ2v) is 6.65. The molecule has 0 radical (unpaired) electrons. The van der Waals surface area contributed by atoms with Gasteiger partial charge in [-0.1, -0.05) is 29.8 Å². The van der Waals surface area contributed by atoms with Gasteiger partial charge < -0.3 is 10.1 Å². The molecule has 2 heterocycles. The largest absolute Gasteiger partial charge is 0.448 e. The Morgan fingerprint density at radius 1 is 1.14 bits per heavy atom. The molecule has 28 heavy (non-hydrogen) atoms. The van der Waals surface area contributed by atoms with E-state index in [0.29, 0.717) is 11.5 Å². The Labute approximate surface area is 167 Å². The minimum atomic E-state index is -1.03. The maximum atomic E-state index is 12.5. The van der Waals surface area contributed by atoms with E-state index in [4.69, 9.17) is 16.3 Å². The molecule has 0 aliphatic carbocycles. The molecule has 0 saturated heterocycles. The van der Waals surface area contributed by atoms with Crippen molar-refractivity contribution < 1.29 is 14.3 Å². The van der Waals surface area contributed by atoms with Gasteiger partial charge >= 0.3 is 5.97 Å². The predicted molar refractivity (Wildman–Crippen MR) is 106 cm³/mol. The summed E-state index contributed by atoms with van der Waals surface area (Å²) in [5.74, 6) is -0.808. The van der Waals surface area contributed by atoms with Crippen molar-refractivity contribution in [2.75, 3.05) is 5.32 Å². The lowest BCUT2D eigenvalue weighted by molar-refractivity contribution is -0.123. The van der Waals surface area contributed by atoms with Crippen molar-refractivity contribution >= 4 is 29.2 Å². The SMILES string of the molecule is Cc1cc(C)n(-c2ccc(Cl)c(C(=O)OC(C)C(=O)Nc3ccccc3)n2)n1. The minimum absolute atomic E-state index is 0.0777. The fourth-order valence-electron chi connectivity index (χ4n) is 2.59. The fraction of sp³-hybridized carbons (Fsp3) is 0.200. The van der Waals surface area contributed by atoms with Gasteiger partial charge in [0, 0.05) is 11.4 Å². The summed E-state index contributed by atoms with van der Waals surface area (Å²) in [6.07, 6.45) is -1.03. The van der Waals surface area contributed by atoms with E-state index in [2.05, 4.69) is 15.4 Å². The third kappa shape index (κ3) is 4.37. The van der Waals surface area contributed by atoms with Crippen molar-refractivity contribution in [1.29, 1.82) is 0 Å². The summed E-state index contributed by atoms with van der Waals surface area (Å²) in [6.45, 7) is 5.22. The normalized spacial score (nSPS) is 11.7. The number of rotatable bonds is 5. The van der Waals surface area contributed by atoms with Gasteiger partial charge in [-0.15, -0.1) is 0 Å². The van der Waals surface area contributed by atoms with Gasteiger partial charge in [-0.05, 0) is 51.1 Å². The number of esters is 1. The Balaban J connectivity index is 1.75. The van der Waals surface area contributed by atoms with Gasteiger partial charge in [0.15, 0.2) is 17.6 Å². The number of pyridine rings is 1. The molecular weight excluding hydrogens is 380 g/mol. The first kappa shape index (κ1) is 19.6. The average Bonchev–Trinajstić information content (AvgIpc) is 3.01. The van der Waals surface area contributed by atoms with Crippen molar-refractivity contribution in [2.45, 2.75) is 26.9 Å². The number of carbonyl (C=O) groups is 2. The lowest BCUT2D eigenvalue weighted by atomic mass is 10.3. The molecule has 0 aliphatic rings. The summed E-state index contributed by atoms with van der Waals surface area (Å²) >= 11 is 6.12. The lowest BCUT2D eigenvalue weighted by Crippen LogP contribution is -2.30. The van der Waals surface area contributed by atoms with E-state index in [9.17, 15) is 9.59 Å². The third-order valence-electron chi connectivity index (χ3n) is 3.95. The second-order valence-electron chi connectivity index (χ2n) is 6.24. The molecule has 3 aromatic rings. The Hall–Kier alpha value is -3.19. The zero-order valence-corrected chi connectivity index (χ0v) is 16.4. The minimum Gasteiger partial charge on any atom is -0.448 e. The van der Waals surface area contributed by atoms with Crippen molar-refractivity contribution in [3.05, 3.63) is 70.6 Å². The predicted octanol–water partition coefficient (Wildman–Crippen LogP) is 3.72. The van der Waals surface area contributed by atoms with E-state index in [-0.39, 0.29) is 10.7 Å². The summed E-state index contributed by atoms with van der Waals surface area (Å²) in [5.41, 5.74) is 2.22. The highest BCUT2D eigenvalue weighted by Crippen LogP contribution is 2.19. The zero-order chi connectivity index (χ0) is 20.3. The zero-order valence-electron chi connectivity index (χ0n) is 15.6. The number of amides is 1. The molecule has 1 N–H and O–H groups in total. The number of benzene rings is 1. The summed E-state index contributed by atoms with van der Waals surface area (Å²) in [7, 11) is 0. The summed E-state index contributed by atoms with van der Waals surface area (Å²) in [4.78, 5) is 29.0. The van der Waals surface area contributed by atoms with Gasteiger partial charge in [-0.2, -0.15) is 5.10 Å². The molecule has 1 aromatic carbocycles. The van der Waals surface area contributed by atoms with Crippen molar-refractivity contribution in [2.24, 2.45) is 0 Å². The Morgan fingerprint density at radius 2 is 1.86 bits per heavy atom. The average molecular weight is 399 g/mol. The number of halogens is 1. The Kier molecular flexibility index (Phi) is 5.75. The number of para-hydroxylation sites is 1. The highest BCUT2D eigenvalue weighted by Gasteiger charge is 2.22. The number of anilines is 1. The quantitative estimate of drug-likeness (QED) is 0.662. The molecule has 7 nitrogen and oxygen atoms in total. The van der Waals surface area contributed by atoms with E-state index < -0.39 is 18.0 Å². The molecule has 8 heteroatoms. The van der Waals surface area contributed by atoms with Crippen LogP contribution in [0.4, 0.5) is 5.69 Å². The van der Waals surface area contributed by atoms with Gasteiger partial charge in [0.2, 0.25) is 0 Å². The number of carbonyl (C=O) groups excluding carboxylic acids is 2. The molecule has 0 fully saturated rings. The fourth-order valence-corrected chi connectivity index (χ4v) is 2.77. The van der Waals surface area contributed by atoms with E-state index in [1.54, 1.807) is 41.1 Å². The van der Waals surface area contributed by atoms with Crippen LogP contribution in [0.2, 0.25) is 5.02 Å². The molecule has 2 aromatic heterocycles. The number of nitrogens with one attached hydrogen (secondary N) is 1. The van der Waals surface area contributed by atoms with Crippen LogP contribution in [-0.2, 0) is 9.53 Å².